The second-order valence-electron chi connectivity index (χ2n) is 4.18. The zero-order valence-corrected chi connectivity index (χ0v) is 11.5. The predicted molar refractivity (Wildman–Crippen MR) is 74.8 cm³/mol. The first kappa shape index (κ1) is 14.9. The van der Waals surface area contributed by atoms with Crippen molar-refractivity contribution in [2.75, 3.05) is 13.2 Å². The molecule has 5 heteroatoms. The summed E-state index contributed by atoms with van der Waals surface area (Å²) in [5.41, 5.74) is 0. The number of rotatable bonds is 6. The van der Waals surface area contributed by atoms with E-state index >= 15 is 0 Å². The van der Waals surface area contributed by atoms with Crippen molar-refractivity contribution in [3.8, 4) is 0 Å². The molecule has 2 unspecified atom stereocenters. The molecule has 0 saturated carbocycles. The van der Waals surface area contributed by atoms with Crippen LogP contribution in [-0.2, 0) is 0 Å². The van der Waals surface area contributed by atoms with Gasteiger partial charge >= 0.3 is 6.03 Å². The summed E-state index contributed by atoms with van der Waals surface area (Å²) in [6.07, 6.45) is 0. The third-order valence-corrected chi connectivity index (χ3v) is 3.40. The second-order valence-corrected chi connectivity index (χ2v) is 5.69. The molecule has 0 saturated heterocycles. The van der Waals surface area contributed by atoms with Crippen LogP contribution in [0.5, 0.6) is 0 Å². The molecule has 3 N–H and O–H groups in total. The Balaban J connectivity index is 2.25. The van der Waals surface area contributed by atoms with E-state index < -0.39 is 0 Å². The maximum Gasteiger partial charge on any atom is 0.315 e. The largest absolute Gasteiger partial charge is 0.394 e. The van der Waals surface area contributed by atoms with E-state index in [0.29, 0.717) is 11.8 Å². The van der Waals surface area contributed by atoms with Gasteiger partial charge in [-0.25, -0.2) is 4.79 Å². The molecule has 0 fully saturated rings. The summed E-state index contributed by atoms with van der Waals surface area (Å²) >= 11 is 1.72. The molecule has 4 nitrogen and oxygen atoms in total. The number of carbonyl (C=O) groups excluding carboxylic acids is 1. The van der Waals surface area contributed by atoms with Crippen molar-refractivity contribution in [1.29, 1.82) is 0 Å². The number of amides is 2. The highest BCUT2D eigenvalue weighted by molar-refractivity contribution is 8.00. The van der Waals surface area contributed by atoms with Gasteiger partial charge in [0, 0.05) is 16.7 Å². The first-order valence-corrected chi connectivity index (χ1v) is 6.86. The van der Waals surface area contributed by atoms with Crippen molar-refractivity contribution < 1.29 is 9.90 Å². The first-order chi connectivity index (χ1) is 8.61. The summed E-state index contributed by atoms with van der Waals surface area (Å²) in [6, 6.07) is 9.62. The number of benzene rings is 1. The van der Waals surface area contributed by atoms with E-state index in [1.807, 2.05) is 18.2 Å². The van der Waals surface area contributed by atoms with Crippen LogP contribution in [0.2, 0.25) is 0 Å². The molecule has 1 aromatic rings. The number of urea groups is 1. The Morgan fingerprint density at radius 3 is 2.61 bits per heavy atom. The number of aliphatic hydroxyl groups is 1. The molecule has 18 heavy (non-hydrogen) atoms. The van der Waals surface area contributed by atoms with Gasteiger partial charge in [0.15, 0.2) is 0 Å². The van der Waals surface area contributed by atoms with Crippen LogP contribution in [-0.4, -0.2) is 35.6 Å². The minimum atomic E-state index is -0.239. The molecule has 0 spiro atoms. The summed E-state index contributed by atoms with van der Waals surface area (Å²) in [7, 11) is 0. The maximum absolute atomic E-state index is 11.4. The fourth-order valence-corrected chi connectivity index (χ4v) is 2.28. The molecule has 1 rings (SSSR count). The van der Waals surface area contributed by atoms with E-state index in [1.165, 1.54) is 4.90 Å². The monoisotopic (exact) mass is 268 g/mol. The Bertz CT molecular complexity index is 359. The molecule has 1 aromatic carbocycles. The fraction of sp³-hybridized carbons (Fsp3) is 0.462. The summed E-state index contributed by atoms with van der Waals surface area (Å²) < 4.78 is 0. The molecule has 0 aliphatic rings. The third kappa shape index (κ3) is 5.93. The molecule has 0 bridgehead atoms. The first-order valence-electron chi connectivity index (χ1n) is 5.98. The van der Waals surface area contributed by atoms with Gasteiger partial charge in [-0.1, -0.05) is 25.1 Å². The van der Waals surface area contributed by atoms with Gasteiger partial charge in [0.05, 0.1) is 12.6 Å². The summed E-state index contributed by atoms with van der Waals surface area (Å²) in [5, 5.41) is 14.5. The Morgan fingerprint density at radius 1 is 1.33 bits per heavy atom. The Labute approximate surface area is 112 Å². The molecular formula is C13H20N2O2S. The van der Waals surface area contributed by atoms with E-state index in [9.17, 15) is 4.79 Å². The van der Waals surface area contributed by atoms with Crippen LogP contribution in [0, 0.1) is 0 Å². The molecule has 0 radical (unpaired) electrons. The zero-order valence-electron chi connectivity index (χ0n) is 10.7. The predicted octanol–water partition coefficient (Wildman–Crippen LogP) is 1.85. The minimum Gasteiger partial charge on any atom is -0.394 e. The molecule has 0 heterocycles. The van der Waals surface area contributed by atoms with Crippen molar-refractivity contribution >= 4 is 17.8 Å². The molecular weight excluding hydrogens is 248 g/mol. The van der Waals surface area contributed by atoms with Crippen LogP contribution in [0.4, 0.5) is 4.79 Å². The smallest absolute Gasteiger partial charge is 0.315 e. The number of nitrogens with one attached hydrogen (secondary N) is 2. The van der Waals surface area contributed by atoms with Crippen LogP contribution in [0.25, 0.3) is 0 Å². The average molecular weight is 268 g/mol. The molecule has 2 amide bonds. The second kappa shape index (κ2) is 8.00. The summed E-state index contributed by atoms with van der Waals surface area (Å²) in [4.78, 5) is 12.6. The Morgan fingerprint density at radius 2 is 2.00 bits per heavy atom. The van der Waals surface area contributed by atoms with E-state index in [2.05, 4.69) is 29.7 Å². The van der Waals surface area contributed by atoms with Crippen molar-refractivity contribution in [1.82, 2.24) is 10.6 Å². The number of thioether (sulfide) groups is 1. The minimum absolute atomic E-state index is 0.0538. The Kier molecular flexibility index (Phi) is 6.60. The summed E-state index contributed by atoms with van der Waals surface area (Å²) in [5.74, 6) is 0. The van der Waals surface area contributed by atoms with Crippen LogP contribution in [0.15, 0.2) is 35.2 Å². The van der Waals surface area contributed by atoms with E-state index in [4.69, 9.17) is 5.11 Å². The topological polar surface area (TPSA) is 61.4 Å². The lowest BCUT2D eigenvalue weighted by molar-refractivity contribution is 0.220. The standard InChI is InChI=1S/C13H20N2O2S/c1-10(9-16)15-13(17)14-8-11(2)18-12-6-4-3-5-7-12/h3-7,10-11,16H,8-9H2,1-2H3,(H2,14,15,17). The summed E-state index contributed by atoms with van der Waals surface area (Å²) in [6.45, 7) is 4.35. The lowest BCUT2D eigenvalue weighted by Crippen LogP contribution is -2.43. The van der Waals surface area contributed by atoms with Crippen molar-refractivity contribution in [3.63, 3.8) is 0 Å². The Hall–Kier alpha value is -1.20. The van der Waals surface area contributed by atoms with Crippen LogP contribution in [0.1, 0.15) is 13.8 Å². The molecule has 0 aliphatic carbocycles. The lowest BCUT2D eigenvalue weighted by Gasteiger charge is -2.15. The van der Waals surface area contributed by atoms with Crippen LogP contribution >= 0.6 is 11.8 Å². The highest BCUT2D eigenvalue weighted by atomic mass is 32.2. The number of hydrogen-bond acceptors (Lipinski definition) is 3. The van der Waals surface area contributed by atoms with Gasteiger partial charge in [-0.15, -0.1) is 11.8 Å². The molecule has 0 aromatic heterocycles. The SMILES string of the molecule is CC(CO)NC(=O)NCC(C)Sc1ccccc1. The van der Waals surface area contributed by atoms with Gasteiger partial charge in [-0.3, -0.25) is 0 Å². The highest BCUT2D eigenvalue weighted by Crippen LogP contribution is 2.21. The van der Waals surface area contributed by atoms with Crippen molar-refractivity contribution in [3.05, 3.63) is 30.3 Å². The van der Waals surface area contributed by atoms with Crippen LogP contribution in [0.3, 0.4) is 0 Å². The van der Waals surface area contributed by atoms with Crippen molar-refractivity contribution in [2.24, 2.45) is 0 Å². The zero-order chi connectivity index (χ0) is 13.4. The van der Waals surface area contributed by atoms with Crippen molar-refractivity contribution in [2.45, 2.75) is 30.0 Å². The van der Waals surface area contributed by atoms with Gasteiger partial charge in [0.2, 0.25) is 0 Å². The quantitative estimate of drug-likeness (QED) is 0.690. The van der Waals surface area contributed by atoms with Gasteiger partial charge in [0.25, 0.3) is 0 Å². The van der Waals surface area contributed by atoms with Crippen LogP contribution < -0.4 is 10.6 Å². The normalized spacial score (nSPS) is 13.7. The highest BCUT2D eigenvalue weighted by Gasteiger charge is 2.08. The lowest BCUT2D eigenvalue weighted by atomic mass is 10.4. The van der Waals surface area contributed by atoms with Gasteiger partial charge in [0.1, 0.15) is 0 Å². The fourth-order valence-electron chi connectivity index (χ4n) is 1.33. The molecule has 2 atom stereocenters. The van der Waals surface area contributed by atoms with E-state index in [0.717, 1.165) is 0 Å². The third-order valence-electron chi connectivity index (χ3n) is 2.28. The number of carbonyl (C=O) groups is 1. The maximum atomic E-state index is 11.4. The number of hydrogen-bond donors (Lipinski definition) is 3. The van der Waals surface area contributed by atoms with Gasteiger partial charge in [-0.2, -0.15) is 0 Å². The van der Waals surface area contributed by atoms with E-state index in [-0.39, 0.29) is 18.7 Å². The average Bonchev–Trinajstić information content (AvgIpc) is 2.37. The number of aliphatic hydroxyl groups excluding tert-OH is 1. The molecule has 0 aliphatic heterocycles. The van der Waals surface area contributed by atoms with Gasteiger partial charge < -0.3 is 15.7 Å². The van der Waals surface area contributed by atoms with E-state index in [1.54, 1.807) is 18.7 Å². The van der Waals surface area contributed by atoms with Gasteiger partial charge in [-0.05, 0) is 19.1 Å². The molecule has 100 valence electrons.